The summed E-state index contributed by atoms with van der Waals surface area (Å²) in [6, 6.07) is 11.9. The molecule has 2 aliphatic rings. The quantitative estimate of drug-likeness (QED) is 0.343. The molecular formula is C22H31IN6O2. The number of nitrogens with one attached hydrogen (secondary N) is 2. The predicted octanol–water partition coefficient (Wildman–Crippen LogP) is 1.96. The van der Waals surface area contributed by atoms with E-state index in [1.165, 1.54) is 5.56 Å². The highest BCUT2D eigenvalue weighted by atomic mass is 127. The Kier molecular flexibility index (Phi) is 8.59. The number of halogens is 1. The molecule has 0 saturated carbocycles. The van der Waals surface area contributed by atoms with Crippen molar-refractivity contribution in [1.29, 1.82) is 0 Å². The van der Waals surface area contributed by atoms with Crippen LogP contribution in [0.5, 0.6) is 11.5 Å². The molecule has 1 aromatic carbocycles. The SMILES string of the molecule is CN=C(NCc1ccnc(N2CCN(C)CC2)c1)NCC1COc2ccccc2O1.I. The molecule has 1 atom stereocenters. The second kappa shape index (κ2) is 11.4. The minimum atomic E-state index is -0.0665. The summed E-state index contributed by atoms with van der Waals surface area (Å²) in [5.74, 6) is 3.35. The molecule has 1 aromatic heterocycles. The van der Waals surface area contributed by atoms with Gasteiger partial charge in [-0.25, -0.2) is 4.98 Å². The lowest BCUT2D eigenvalue weighted by molar-refractivity contribution is 0.0936. The van der Waals surface area contributed by atoms with Crippen molar-refractivity contribution in [3.63, 3.8) is 0 Å². The maximum atomic E-state index is 5.99. The number of nitrogens with zero attached hydrogens (tertiary/aromatic N) is 4. The molecule has 8 nitrogen and oxygen atoms in total. The number of ether oxygens (including phenoxy) is 2. The van der Waals surface area contributed by atoms with Gasteiger partial charge in [-0.15, -0.1) is 24.0 Å². The maximum absolute atomic E-state index is 5.99. The number of para-hydroxylation sites is 2. The van der Waals surface area contributed by atoms with Crippen molar-refractivity contribution < 1.29 is 9.47 Å². The van der Waals surface area contributed by atoms with Gasteiger partial charge in [-0.3, -0.25) is 4.99 Å². The first-order valence-electron chi connectivity index (χ1n) is 10.4. The molecule has 31 heavy (non-hydrogen) atoms. The molecule has 3 heterocycles. The van der Waals surface area contributed by atoms with Gasteiger partial charge in [-0.05, 0) is 36.9 Å². The fraction of sp³-hybridized carbons (Fsp3) is 0.455. The molecule has 0 aliphatic carbocycles. The third-order valence-corrected chi connectivity index (χ3v) is 5.39. The Morgan fingerprint density at radius 3 is 2.68 bits per heavy atom. The second-order valence-electron chi connectivity index (χ2n) is 7.62. The van der Waals surface area contributed by atoms with E-state index in [9.17, 15) is 0 Å². The topological polar surface area (TPSA) is 74.3 Å². The fourth-order valence-electron chi connectivity index (χ4n) is 3.56. The van der Waals surface area contributed by atoms with Crippen LogP contribution in [0.25, 0.3) is 0 Å². The molecule has 4 rings (SSSR count). The van der Waals surface area contributed by atoms with Crippen LogP contribution in [-0.2, 0) is 6.54 Å². The van der Waals surface area contributed by atoms with Crippen molar-refractivity contribution in [2.75, 3.05) is 58.3 Å². The molecule has 0 amide bonds. The van der Waals surface area contributed by atoms with Gasteiger partial charge in [-0.1, -0.05) is 12.1 Å². The molecule has 1 saturated heterocycles. The number of piperazine rings is 1. The third kappa shape index (κ3) is 6.36. The number of aliphatic imine (C=N–C) groups is 1. The number of rotatable bonds is 5. The van der Waals surface area contributed by atoms with Crippen LogP contribution in [0, 0.1) is 0 Å². The number of benzene rings is 1. The van der Waals surface area contributed by atoms with Crippen molar-refractivity contribution in [2.24, 2.45) is 4.99 Å². The van der Waals surface area contributed by atoms with Crippen LogP contribution in [0.15, 0.2) is 47.6 Å². The van der Waals surface area contributed by atoms with Crippen molar-refractivity contribution in [3.8, 4) is 11.5 Å². The number of hydrogen-bond donors (Lipinski definition) is 2. The number of anilines is 1. The smallest absolute Gasteiger partial charge is 0.191 e. The molecule has 2 aliphatic heterocycles. The van der Waals surface area contributed by atoms with E-state index in [2.05, 4.69) is 43.5 Å². The van der Waals surface area contributed by atoms with E-state index in [0.29, 0.717) is 19.7 Å². The summed E-state index contributed by atoms with van der Waals surface area (Å²) in [5, 5.41) is 6.70. The van der Waals surface area contributed by atoms with E-state index < -0.39 is 0 Å². The summed E-state index contributed by atoms with van der Waals surface area (Å²) in [5.41, 5.74) is 1.17. The van der Waals surface area contributed by atoms with Gasteiger partial charge in [-0.2, -0.15) is 0 Å². The first kappa shape index (κ1) is 23.4. The third-order valence-electron chi connectivity index (χ3n) is 5.39. The van der Waals surface area contributed by atoms with Crippen LogP contribution < -0.4 is 25.0 Å². The molecule has 1 fully saturated rings. The fourth-order valence-corrected chi connectivity index (χ4v) is 3.56. The molecular weight excluding hydrogens is 507 g/mol. The zero-order valence-electron chi connectivity index (χ0n) is 18.1. The zero-order valence-corrected chi connectivity index (χ0v) is 20.4. The minimum absolute atomic E-state index is 0. The molecule has 9 heteroatoms. The van der Waals surface area contributed by atoms with Crippen molar-refractivity contribution in [1.82, 2.24) is 20.5 Å². The van der Waals surface area contributed by atoms with E-state index in [1.54, 1.807) is 7.05 Å². The van der Waals surface area contributed by atoms with Crippen LogP contribution in [0.4, 0.5) is 5.82 Å². The Labute approximate surface area is 201 Å². The van der Waals surface area contributed by atoms with E-state index in [0.717, 1.165) is 49.5 Å². The summed E-state index contributed by atoms with van der Waals surface area (Å²) < 4.78 is 11.8. The Hall–Kier alpha value is -2.27. The molecule has 2 N–H and O–H groups in total. The molecule has 1 unspecified atom stereocenters. The number of hydrogen-bond acceptors (Lipinski definition) is 6. The highest BCUT2D eigenvalue weighted by molar-refractivity contribution is 14.0. The Morgan fingerprint density at radius 1 is 1.13 bits per heavy atom. The lowest BCUT2D eigenvalue weighted by Gasteiger charge is -2.33. The summed E-state index contributed by atoms with van der Waals surface area (Å²) in [6.07, 6.45) is 1.81. The second-order valence-corrected chi connectivity index (χ2v) is 7.62. The molecule has 0 spiro atoms. The lowest BCUT2D eigenvalue weighted by atomic mass is 10.2. The van der Waals surface area contributed by atoms with Crippen molar-refractivity contribution in [2.45, 2.75) is 12.6 Å². The first-order chi connectivity index (χ1) is 14.7. The minimum Gasteiger partial charge on any atom is -0.486 e. The normalized spacial score (nSPS) is 18.8. The lowest BCUT2D eigenvalue weighted by Crippen LogP contribution is -2.45. The Morgan fingerprint density at radius 2 is 1.90 bits per heavy atom. The standard InChI is InChI=1S/C22H30N6O2.HI/c1-23-22(26-15-18-16-29-19-5-3-4-6-20(19)30-18)25-14-17-7-8-24-21(13-17)28-11-9-27(2)10-12-28;/h3-8,13,18H,9-12,14-16H2,1-2H3,(H2,23,25,26);1H. The Bertz CT molecular complexity index is 873. The molecule has 0 bridgehead atoms. The summed E-state index contributed by atoms with van der Waals surface area (Å²) in [4.78, 5) is 13.6. The summed E-state index contributed by atoms with van der Waals surface area (Å²) in [6.45, 7) is 5.95. The van der Waals surface area contributed by atoms with E-state index >= 15 is 0 Å². The predicted molar refractivity (Wildman–Crippen MR) is 134 cm³/mol. The van der Waals surface area contributed by atoms with Gasteiger partial charge < -0.3 is 29.9 Å². The molecule has 0 radical (unpaired) electrons. The van der Waals surface area contributed by atoms with Crippen molar-refractivity contribution in [3.05, 3.63) is 48.2 Å². The average molecular weight is 538 g/mol. The number of pyridine rings is 1. The number of guanidine groups is 1. The van der Waals surface area contributed by atoms with Gasteiger partial charge in [0.25, 0.3) is 0 Å². The van der Waals surface area contributed by atoms with Gasteiger partial charge in [0.1, 0.15) is 18.5 Å². The van der Waals surface area contributed by atoms with E-state index in [-0.39, 0.29) is 30.1 Å². The summed E-state index contributed by atoms with van der Waals surface area (Å²) in [7, 11) is 3.93. The number of aromatic nitrogens is 1. The maximum Gasteiger partial charge on any atom is 0.191 e. The van der Waals surface area contributed by atoms with Gasteiger partial charge >= 0.3 is 0 Å². The van der Waals surface area contributed by atoms with E-state index in [4.69, 9.17) is 9.47 Å². The van der Waals surface area contributed by atoms with Gasteiger partial charge in [0, 0.05) is 46.0 Å². The van der Waals surface area contributed by atoms with Crippen LogP contribution >= 0.6 is 24.0 Å². The van der Waals surface area contributed by atoms with Gasteiger partial charge in [0.15, 0.2) is 17.5 Å². The van der Waals surface area contributed by atoms with Crippen LogP contribution in [-0.4, -0.2) is 75.4 Å². The van der Waals surface area contributed by atoms with Crippen LogP contribution in [0.1, 0.15) is 5.56 Å². The first-order valence-corrected chi connectivity index (χ1v) is 10.4. The number of fused-ring (bicyclic) bond motifs is 1. The van der Waals surface area contributed by atoms with Crippen molar-refractivity contribution >= 4 is 35.8 Å². The average Bonchev–Trinajstić information content (AvgIpc) is 2.80. The number of likely N-dealkylation sites (N-methyl/N-ethyl adjacent to an activating group) is 1. The van der Waals surface area contributed by atoms with Crippen LogP contribution in [0.3, 0.4) is 0 Å². The van der Waals surface area contributed by atoms with Gasteiger partial charge in [0.2, 0.25) is 0 Å². The largest absolute Gasteiger partial charge is 0.486 e. The van der Waals surface area contributed by atoms with Crippen LogP contribution in [0.2, 0.25) is 0 Å². The highest BCUT2D eigenvalue weighted by Gasteiger charge is 2.20. The monoisotopic (exact) mass is 538 g/mol. The van der Waals surface area contributed by atoms with Gasteiger partial charge in [0.05, 0.1) is 6.54 Å². The highest BCUT2D eigenvalue weighted by Crippen LogP contribution is 2.30. The molecule has 2 aromatic rings. The zero-order chi connectivity index (χ0) is 20.8. The van der Waals surface area contributed by atoms with E-state index in [1.807, 2.05) is 36.5 Å². The Balaban J connectivity index is 0.00000272. The molecule has 168 valence electrons. The summed E-state index contributed by atoms with van der Waals surface area (Å²) >= 11 is 0.